The van der Waals surface area contributed by atoms with E-state index in [4.69, 9.17) is 0 Å². The van der Waals surface area contributed by atoms with Crippen LogP contribution in [0.2, 0.25) is 0 Å². The molecule has 1 rings (SSSR count). The summed E-state index contributed by atoms with van der Waals surface area (Å²) in [7, 11) is 0.280. The van der Waals surface area contributed by atoms with Crippen molar-refractivity contribution < 1.29 is 63.1 Å². The van der Waals surface area contributed by atoms with Gasteiger partial charge in [-0.2, -0.15) is 17.7 Å². The maximum absolute atomic E-state index is 2.99. The molecule has 0 N–H and O–H groups in total. The molecule has 5 heteroatoms. The average Bonchev–Trinajstić information content (AvgIpc) is 2.56. The zero-order valence-corrected chi connectivity index (χ0v) is 18.6. The topological polar surface area (TPSA) is 0 Å². The monoisotopic (exact) mass is 495 g/mol. The molecule has 0 amide bonds. The minimum absolute atomic E-state index is 0. The van der Waals surface area contributed by atoms with E-state index in [0.29, 0.717) is 5.41 Å². The van der Waals surface area contributed by atoms with E-state index in [1.54, 1.807) is 0 Å². The predicted molar refractivity (Wildman–Crippen MR) is 69.0 cm³/mol. The SMILES string of the molecule is CP(C)C[CH-]C(C)(C)C.[C-]1=CC=CC1.[Cl-].[Cl-].[Cl-].[Hf]. The first-order chi connectivity index (χ1) is 6.42. The van der Waals surface area contributed by atoms with Crippen LogP contribution in [0.3, 0.4) is 0 Å². The first-order valence-corrected chi connectivity index (χ1v) is 7.55. The molecule has 0 atom stereocenters. The van der Waals surface area contributed by atoms with Crippen molar-refractivity contribution in [1.82, 2.24) is 0 Å². The largest absolute Gasteiger partial charge is 1.00 e. The summed E-state index contributed by atoms with van der Waals surface area (Å²) in [5.41, 5.74) is 0.423. The van der Waals surface area contributed by atoms with Gasteiger partial charge in [0.15, 0.2) is 0 Å². The van der Waals surface area contributed by atoms with Crippen molar-refractivity contribution in [3.8, 4) is 0 Å². The zero-order chi connectivity index (χ0) is 11.0. The fraction of sp³-hybridized carbons (Fsp3) is 0.615. The Bertz CT molecular complexity index is 189. The van der Waals surface area contributed by atoms with Gasteiger partial charge in [0.25, 0.3) is 0 Å². The van der Waals surface area contributed by atoms with Crippen molar-refractivity contribution in [2.75, 3.05) is 19.5 Å². The average molecular weight is 495 g/mol. The summed E-state index contributed by atoms with van der Waals surface area (Å²) >= 11 is 0. The van der Waals surface area contributed by atoms with Crippen LogP contribution in [-0.2, 0) is 25.8 Å². The molecular weight excluding hydrogens is 472 g/mol. The Morgan fingerprint density at radius 1 is 1.17 bits per heavy atom. The molecule has 0 spiro atoms. The summed E-state index contributed by atoms with van der Waals surface area (Å²) in [5.74, 6) is 0. The summed E-state index contributed by atoms with van der Waals surface area (Å²) in [6.07, 6.45) is 13.7. The molecule has 0 heterocycles. The Hall–Kier alpha value is 1.65. The minimum Gasteiger partial charge on any atom is -1.00 e. The molecule has 0 saturated carbocycles. The van der Waals surface area contributed by atoms with Gasteiger partial charge < -0.3 is 43.6 Å². The van der Waals surface area contributed by atoms with Gasteiger partial charge in [0.1, 0.15) is 0 Å². The molecule has 1 aliphatic rings. The van der Waals surface area contributed by atoms with Crippen LogP contribution in [0.15, 0.2) is 18.2 Å². The first-order valence-electron chi connectivity index (χ1n) is 5.12. The van der Waals surface area contributed by atoms with Crippen LogP contribution < -0.4 is 37.2 Å². The van der Waals surface area contributed by atoms with Crippen LogP contribution in [0, 0.1) is 17.9 Å². The summed E-state index contributed by atoms with van der Waals surface area (Å²) in [6.45, 7) is 11.4. The number of hydrogen-bond donors (Lipinski definition) is 0. The molecule has 0 unspecified atom stereocenters. The standard InChI is InChI=1S/C8H18P.C5H5.3ClH.Hf/c1-8(2,3)6-7-9(4)5;1-2-4-5-3-1;;;;/h6H,7H2,1-5H3;1-3H,4H2;3*1H;/q2*-1;;;;/p-3. The van der Waals surface area contributed by atoms with Gasteiger partial charge >= 0.3 is 0 Å². The molecule has 0 aliphatic heterocycles. The molecule has 0 aromatic heterocycles. The fourth-order valence-corrected chi connectivity index (χ4v) is 1.71. The van der Waals surface area contributed by atoms with Crippen LogP contribution in [-0.4, -0.2) is 19.5 Å². The fourth-order valence-electron chi connectivity index (χ4n) is 0.797. The van der Waals surface area contributed by atoms with Crippen LogP contribution in [0.4, 0.5) is 0 Å². The third-order valence-electron chi connectivity index (χ3n) is 1.65. The van der Waals surface area contributed by atoms with Crippen molar-refractivity contribution in [2.24, 2.45) is 5.41 Å². The second-order valence-corrected chi connectivity index (χ2v) is 7.36. The Labute approximate surface area is 153 Å². The molecule has 0 bridgehead atoms. The second kappa shape index (κ2) is 18.7. The summed E-state index contributed by atoms with van der Waals surface area (Å²) in [4.78, 5) is 0. The third-order valence-corrected chi connectivity index (χ3v) is 2.57. The van der Waals surface area contributed by atoms with Crippen molar-refractivity contribution in [1.29, 1.82) is 0 Å². The van der Waals surface area contributed by atoms with Gasteiger partial charge in [-0.15, -0.1) is 14.3 Å². The molecule has 1 aliphatic carbocycles. The number of allylic oxidation sites excluding steroid dienone is 4. The molecule has 0 aromatic rings. The molecule has 0 nitrogen and oxygen atoms in total. The van der Waals surface area contributed by atoms with Gasteiger partial charge in [0.05, 0.1) is 0 Å². The van der Waals surface area contributed by atoms with E-state index in [0.717, 1.165) is 6.42 Å². The van der Waals surface area contributed by atoms with Gasteiger partial charge in [0.2, 0.25) is 0 Å². The third kappa shape index (κ3) is 30.6. The van der Waals surface area contributed by atoms with Gasteiger partial charge in [-0.25, -0.2) is 12.2 Å². The van der Waals surface area contributed by atoms with E-state index in [2.05, 4.69) is 52.7 Å². The van der Waals surface area contributed by atoms with E-state index in [9.17, 15) is 0 Å². The quantitative estimate of drug-likeness (QED) is 0.206. The summed E-state index contributed by atoms with van der Waals surface area (Å²) in [5, 5.41) is 0. The Kier molecular flexibility index (Phi) is 33.0. The molecule has 0 aromatic carbocycles. The zero-order valence-electron chi connectivity index (χ0n) is 11.8. The van der Waals surface area contributed by atoms with Crippen molar-refractivity contribution in [2.45, 2.75) is 27.2 Å². The minimum atomic E-state index is 0. The summed E-state index contributed by atoms with van der Waals surface area (Å²) in [6, 6.07) is 0. The molecule has 110 valence electrons. The molecule has 0 fully saturated rings. The van der Waals surface area contributed by atoms with Crippen LogP contribution in [0.5, 0.6) is 0 Å². The van der Waals surface area contributed by atoms with Crippen LogP contribution >= 0.6 is 7.92 Å². The maximum Gasteiger partial charge on any atom is 0 e. The van der Waals surface area contributed by atoms with Crippen molar-refractivity contribution in [3.05, 3.63) is 30.7 Å². The number of rotatable bonds is 2. The number of halogens is 3. The van der Waals surface area contributed by atoms with Gasteiger partial charge in [-0.05, 0) is 13.3 Å². The Morgan fingerprint density at radius 3 is 1.78 bits per heavy atom. The first kappa shape index (κ1) is 31.8. The second-order valence-electron chi connectivity index (χ2n) is 4.84. The van der Waals surface area contributed by atoms with E-state index >= 15 is 0 Å². The van der Waals surface area contributed by atoms with Crippen LogP contribution in [0.25, 0.3) is 0 Å². The van der Waals surface area contributed by atoms with E-state index in [1.165, 1.54) is 6.16 Å². The van der Waals surface area contributed by atoms with Crippen molar-refractivity contribution in [3.63, 3.8) is 0 Å². The van der Waals surface area contributed by atoms with E-state index in [1.807, 2.05) is 12.2 Å². The van der Waals surface area contributed by atoms with Crippen molar-refractivity contribution >= 4 is 7.92 Å². The van der Waals surface area contributed by atoms with Crippen LogP contribution in [0.1, 0.15) is 27.2 Å². The predicted octanol–water partition coefficient (Wildman–Crippen LogP) is -4.71. The van der Waals surface area contributed by atoms with E-state index in [-0.39, 0.29) is 71.0 Å². The molecule has 0 saturated heterocycles. The van der Waals surface area contributed by atoms with Gasteiger partial charge in [-0.3, -0.25) is 6.08 Å². The Balaban J connectivity index is -0.0000000552. The molecule has 18 heavy (non-hydrogen) atoms. The summed E-state index contributed by atoms with van der Waals surface area (Å²) < 4.78 is 0. The molecule has 0 radical (unpaired) electrons. The number of hydrogen-bond acceptors (Lipinski definition) is 0. The smallest absolute Gasteiger partial charge is 0 e. The molecular formula is C13H23Cl3HfP-5. The van der Waals surface area contributed by atoms with E-state index < -0.39 is 0 Å². The maximum atomic E-state index is 2.99. The normalized spacial score (nSPS) is 11.2. The Morgan fingerprint density at radius 2 is 1.67 bits per heavy atom. The van der Waals surface area contributed by atoms with Gasteiger partial charge in [0, 0.05) is 25.8 Å². The van der Waals surface area contributed by atoms with Gasteiger partial charge in [-0.1, -0.05) is 20.8 Å².